The first-order chi connectivity index (χ1) is 9.93. The molecule has 6 heteroatoms. The summed E-state index contributed by atoms with van der Waals surface area (Å²) in [5.41, 5.74) is 1.07. The van der Waals surface area contributed by atoms with Crippen LogP contribution in [-0.2, 0) is 14.3 Å². The van der Waals surface area contributed by atoms with Crippen molar-refractivity contribution in [1.82, 2.24) is 4.90 Å². The molecule has 0 spiro atoms. The molecule has 1 aromatic rings. The van der Waals surface area contributed by atoms with Crippen molar-refractivity contribution in [2.24, 2.45) is 0 Å². The number of anilines is 1. The average molecular weight is 292 g/mol. The zero-order chi connectivity index (χ0) is 15.8. The van der Waals surface area contributed by atoms with Gasteiger partial charge in [-0.2, -0.15) is 0 Å². The van der Waals surface area contributed by atoms with E-state index in [0.29, 0.717) is 24.2 Å². The third kappa shape index (κ3) is 5.64. The Hall–Kier alpha value is -2.37. The van der Waals surface area contributed by atoms with Crippen LogP contribution < -0.4 is 5.32 Å². The third-order valence-corrected chi connectivity index (χ3v) is 2.88. The molecule has 0 radical (unpaired) electrons. The predicted molar refractivity (Wildman–Crippen MR) is 79.0 cm³/mol. The summed E-state index contributed by atoms with van der Waals surface area (Å²) in [6.07, 6.45) is 0.820. The quantitative estimate of drug-likeness (QED) is 0.809. The van der Waals surface area contributed by atoms with Gasteiger partial charge in [0.05, 0.1) is 7.11 Å². The molecule has 0 heterocycles. The third-order valence-electron chi connectivity index (χ3n) is 2.88. The van der Waals surface area contributed by atoms with Crippen LogP contribution in [0.15, 0.2) is 24.3 Å². The number of esters is 1. The molecule has 1 aromatic carbocycles. The van der Waals surface area contributed by atoms with E-state index in [9.17, 15) is 14.4 Å². The maximum atomic E-state index is 12.2. The maximum Gasteiger partial charge on any atom is 0.305 e. The molecule has 1 N–H and O–H groups in total. The first-order valence-corrected chi connectivity index (χ1v) is 6.64. The minimum atomic E-state index is -0.288. The maximum absolute atomic E-state index is 12.2. The van der Waals surface area contributed by atoms with Crippen LogP contribution in [0.1, 0.15) is 30.1 Å². The van der Waals surface area contributed by atoms with Crippen LogP contribution in [0.4, 0.5) is 5.69 Å². The van der Waals surface area contributed by atoms with Crippen molar-refractivity contribution in [2.45, 2.75) is 19.8 Å². The van der Waals surface area contributed by atoms with Crippen LogP contribution in [0.5, 0.6) is 0 Å². The topological polar surface area (TPSA) is 75.7 Å². The van der Waals surface area contributed by atoms with Crippen molar-refractivity contribution in [3.8, 4) is 0 Å². The number of rotatable bonds is 6. The normalized spacial score (nSPS) is 9.86. The van der Waals surface area contributed by atoms with Crippen LogP contribution in [0.3, 0.4) is 0 Å². The van der Waals surface area contributed by atoms with Gasteiger partial charge in [-0.1, -0.05) is 6.07 Å². The predicted octanol–water partition coefficient (Wildman–Crippen LogP) is 1.67. The lowest BCUT2D eigenvalue weighted by Crippen LogP contribution is -2.28. The number of hydrogen-bond donors (Lipinski definition) is 1. The molecule has 0 aliphatic heterocycles. The Kier molecular flexibility index (Phi) is 6.39. The average Bonchev–Trinajstić information content (AvgIpc) is 2.45. The summed E-state index contributed by atoms with van der Waals surface area (Å²) in [6.45, 7) is 1.87. The lowest BCUT2D eigenvalue weighted by Gasteiger charge is -2.17. The van der Waals surface area contributed by atoms with Gasteiger partial charge in [0.25, 0.3) is 5.91 Å². The number of methoxy groups -OCH3 is 1. The molecule has 0 unspecified atom stereocenters. The molecule has 114 valence electrons. The van der Waals surface area contributed by atoms with Gasteiger partial charge in [0, 0.05) is 38.2 Å². The highest BCUT2D eigenvalue weighted by Gasteiger charge is 2.12. The summed E-state index contributed by atoms with van der Waals surface area (Å²) < 4.78 is 4.55. The highest BCUT2D eigenvalue weighted by atomic mass is 16.5. The number of carbonyl (C=O) groups is 3. The highest BCUT2D eigenvalue weighted by Crippen LogP contribution is 2.12. The van der Waals surface area contributed by atoms with E-state index in [-0.39, 0.29) is 24.2 Å². The number of carbonyl (C=O) groups excluding carboxylic acids is 3. The van der Waals surface area contributed by atoms with E-state index in [0.717, 1.165) is 0 Å². The molecule has 0 aliphatic rings. The smallest absolute Gasteiger partial charge is 0.305 e. The molecule has 0 saturated heterocycles. The van der Waals surface area contributed by atoms with Crippen LogP contribution >= 0.6 is 0 Å². The van der Waals surface area contributed by atoms with Gasteiger partial charge in [0.1, 0.15) is 0 Å². The van der Waals surface area contributed by atoms with Gasteiger partial charge in [-0.3, -0.25) is 14.4 Å². The SMILES string of the molecule is COC(=O)CCCN(C)C(=O)c1cccc(NC(C)=O)c1. The fourth-order valence-corrected chi connectivity index (χ4v) is 1.82. The van der Waals surface area contributed by atoms with Crippen molar-refractivity contribution in [3.63, 3.8) is 0 Å². The summed E-state index contributed by atoms with van der Waals surface area (Å²) in [5.74, 6) is -0.637. The van der Waals surface area contributed by atoms with Crippen molar-refractivity contribution >= 4 is 23.5 Å². The monoisotopic (exact) mass is 292 g/mol. The second-order valence-electron chi connectivity index (χ2n) is 4.67. The van der Waals surface area contributed by atoms with Crippen molar-refractivity contribution < 1.29 is 19.1 Å². The summed E-state index contributed by atoms with van der Waals surface area (Å²) in [4.78, 5) is 35.8. The molecule has 0 saturated carbocycles. The van der Waals surface area contributed by atoms with Crippen molar-refractivity contribution in [1.29, 1.82) is 0 Å². The molecule has 1 rings (SSSR count). The lowest BCUT2D eigenvalue weighted by molar-refractivity contribution is -0.140. The molecule has 0 atom stereocenters. The molecule has 0 bridgehead atoms. The number of benzene rings is 1. The number of nitrogens with one attached hydrogen (secondary N) is 1. The van der Waals surface area contributed by atoms with Gasteiger partial charge >= 0.3 is 5.97 Å². The number of ether oxygens (including phenoxy) is 1. The number of nitrogens with zero attached hydrogens (tertiary/aromatic N) is 1. The Labute approximate surface area is 124 Å². The second kappa shape index (κ2) is 8.04. The van der Waals surface area contributed by atoms with E-state index in [4.69, 9.17) is 0 Å². The zero-order valence-electron chi connectivity index (χ0n) is 12.5. The van der Waals surface area contributed by atoms with E-state index in [2.05, 4.69) is 10.1 Å². The zero-order valence-corrected chi connectivity index (χ0v) is 12.5. The van der Waals surface area contributed by atoms with Gasteiger partial charge in [-0.05, 0) is 24.6 Å². The minimum absolute atomic E-state index is 0.160. The highest BCUT2D eigenvalue weighted by molar-refractivity contribution is 5.96. The second-order valence-corrected chi connectivity index (χ2v) is 4.67. The largest absolute Gasteiger partial charge is 0.469 e. The van der Waals surface area contributed by atoms with Crippen molar-refractivity contribution in [2.75, 3.05) is 26.0 Å². The molecule has 2 amide bonds. The Morgan fingerprint density at radius 3 is 2.62 bits per heavy atom. The van der Waals surface area contributed by atoms with Gasteiger partial charge in [-0.25, -0.2) is 0 Å². The van der Waals surface area contributed by atoms with E-state index >= 15 is 0 Å². The molecule has 0 aromatic heterocycles. The molecule has 6 nitrogen and oxygen atoms in total. The van der Waals surface area contributed by atoms with E-state index in [1.807, 2.05) is 0 Å². The standard InChI is InChI=1S/C15H20N2O4/c1-11(18)16-13-7-4-6-12(10-13)15(20)17(2)9-5-8-14(19)21-3/h4,6-7,10H,5,8-9H2,1-3H3,(H,16,18). The number of amides is 2. The van der Waals surface area contributed by atoms with Crippen LogP contribution in [0.25, 0.3) is 0 Å². The van der Waals surface area contributed by atoms with Crippen molar-refractivity contribution in [3.05, 3.63) is 29.8 Å². The fraction of sp³-hybridized carbons (Fsp3) is 0.400. The Morgan fingerprint density at radius 2 is 2.00 bits per heavy atom. The number of hydrogen-bond acceptors (Lipinski definition) is 4. The van der Waals surface area contributed by atoms with Gasteiger partial charge in [0.2, 0.25) is 5.91 Å². The summed E-state index contributed by atoms with van der Waals surface area (Å²) >= 11 is 0. The summed E-state index contributed by atoms with van der Waals surface area (Å²) in [7, 11) is 3.01. The molecule has 0 fully saturated rings. The molecule has 21 heavy (non-hydrogen) atoms. The summed E-state index contributed by atoms with van der Waals surface area (Å²) in [5, 5.41) is 2.63. The van der Waals surface area contributed by atoms with E-state index in [1.54, 1.807) is 31.3 Å². The van der Waals surface area contributed by atoms with E-state index < -0.39 is 0 Å². The Balaban J connectivity index is 2.61. The lowest BCUT2D eigenvalue weighted by atomic mass is 10.1. The molecular weight excluding hydrogens is 272 g/mol. The Bertz CT molecular complexity index is 528. The van der Waals surface area contributed by atoms with E-state index in [1.165, 1.54) is 18.9 Å². The minimum Gasteiger partial charge on any atom is -0.469 e. The summed E-state index contributed by atoms with van der Waals surface area (Å²) in [6, 6.07) is 6.74. The first-order valence-electron chi connectivity index (χ1n) is 6.64. The van der Waals surface area contributed by atoms with Gasteiger partial charge in [0.15, 0.2) is 0 Å². The van der Waals surface area contributed by atoms with Crippen LogP contribution in [0.2, 0.25) is 0 Å². The van der Waals surface area contributed by atoms with Gasteiger partial charge < -0.3 is 15.0 Å². The fourth-order valence-electron chi connectivity index (χ4n) is 1.82. The molecular formula is C15H20N2O4. The molecule has 0 aliphatic carbocycles. The first kappa shape index (κ1) is 16.7. The van der Waals surface area contributed by atoms with Crippen LogP contribution in [0, 0.1) is 0 Å². The Morgan fingerprint density at radius 1 is 1.29 bits per heavy atom. The van der Waals surface area contributed by atoms with Gasteiger partial charge in [-0.15, -0.1) is 0 Å². The van der Waals surface area contributed by atoms with Crippen LogP contribution in [-0.4, -0.2) is 43.4 Å².